The van der Waals surface area contributed by atoms with E-state index >= 15 is 0 Å². The van der Waals surface area contributed by atoms with Gasteiger partial charge in [-0.15, -0.1) is 0 Å². The molecule has 1 fully saturated rings. The third kappa shape index (κ3) is 6.18. The molecule has 0 bridgehead atoms. The SMILES string of the molecule is CCNC(=NCCC(=O)N1CCCC1)NCCc1ccc(F)cc1. The molecule has 0 aromatic heterocycles. The van der Waals surface area contributed by atoms with Gasteiger partial charge in [0.1, 0.15) is 5.82 Å². The molecule has 0 aliphatic carbocycles. The molecular weight excluding hydrogens is 307 g/mol. The topological polar surface area (TPSA) is 56.7 Å². The van der Waals surface area contributed by atoms with E-state index in [9.17, 15) is 9.18 Å². The summed E-state index contributed by atoms with van der Waals surface area (Å²) in [6.45, 7) is 5.74. The van der Waals surface area contributed by atoms with Crippen molar-refractivity contribution in [2.45, 2.75) is 32.6 Å². The Balaban J connectivity index is 1.73. The molecule has 1 aromatic rings. The van der Waals surface area contributed by atoms with Crippen molar-refractivity contribution in [2.75, 3.05) is 32.7 Å². The number of carbonyl (C=O) groups is 1. The van der Waals surface area contributed by atoms with E-state index in [1.807, 2.05) is 11.8 Å². The smallest absolute Gasteiger partial charge is 0.224 e. The summed E-state index contributed by atoms with van der Waals surface area (Å²) < 4.78 is 12.9. The second-order valence-electron chi connectivity index (χ2n) is 5.90. The van der Waals surface area contributed by atoms with E-state index in [4.69, 9.17) is 0 Å². The second kappa shape index (κ2) is 9.90. The quantitative estimate of drug-likeness (QED) is 0.592. The summed E-state index contributed by atoms with van der Waals surface area (Å²) in [6.07, 6.45) is 3.47. The Kier molecular flexibility index (Phi) is 7.52. The van der Waals surface area contributed by atoms with Crippen LogP contribution < -0.4 is 10.6 Å². The van der Waals surface area contributed by atoms with E-state index < -0.39 is 0 Å². The predicted octanol–water partition coefficient (Wildman–Crippen LogP) is 1.94. The molecule has 132 valence electrons. The van der Waals surface area contributed by atoms with Gasteiger partial charge in [0.2, 0.25) is 5.91 Å². The Bertz CT molecular complexity index is 538. The van der Waals surface area contributed by atoms with Crippen LogP contribution in [0.4, 0.5) is 4.39 Å². The highest BCUT2D eigenvalue weighted by molar-refractivity contribution is 5.80. The number of rotatable bonds is 7. The van der Waals surface area contributed by atoms with Gasteiger partial charge in [0.15, 0.2) is 5.96 Å². The van der Waals surface area contributed by atoms with Gasteiger partial charge in [-0.2, -0.15) is 0 Å². The van der Waals surface area contributed by atoms with Crippen LogP contribution in [-0.2, 0) is 11.2 Å². The van der Waals surface area contributed by atoms with Crippen molar-refractivity contribution in [3.05, 3.63) is 35.6 Å². The minimum atomic E-state index is -0.218. The Morgan fingerprint density at radius 1 is 1.21 bits per heavy atom. The Labute approximate surface area is 143 Å². The monoisotopic (exact) mass is 334 g/mol. The molecule has 0 spiro atoms. The van der Waals surface area contributed by atoms with Crippen LogP contribution >= 0.6 is 0 Å². The van der Waals surface area contributed by atoms with Gasteiger partial charge in [-0.05, 0) is 43.9 Å². The summed E-state index contributed by atoms with van der Waals surface area (Å²) in [4.78, 5) is 18.4. The fraction of sp³-hybridized carbons (Fsp3) is 0.556. The largest absolute Gasteiger partial charge is 0.357 e. The fourth-order valence-corrected chi connectivity index (χ4v) is 2.71. The maximum Gasteiger partial charge on any atom is 0.224 e. The summed E-state index contributed by atoms with van der Waals surface area (Å²) in [5.74, 6) is 0.691. The number of amides is 1. The average molecular weight is 334 g/mol. The number of nitrogens with one attached hydrogen (secondary N) is 2. The standard InChI is InChI=1S/C18H27FN4O/c1-2-20-18(21-11-9-15-5-7-16(19)8-6-15)22-12-10-17(24)23-13-3-4-14-23/h5-8H,2-4,9-14H2,1H3,(H2,20,21,22). The van der Waals surface area contributed by atoms with Crippen molar-refractivity contribution >= 4 is 11.9 Å². The number of benzene rings is 1. The van der Waals surface area contributed by atoms with Crippen molar-refractivity contribution in [1.82, 2.24) is 15.5 Å². The van der Waals surface area contributed by atoms with E-state index in [2.05, 4.69) is 15.6 Å². The molecule has 24 heavy (non-hydrogen) atoms. The van der Waals surface area contributed by atoms with Crippen LogP contribution in [0.25, 0.3) is 0 Å². The lowest BCUT2D eigenvalue weighted by Crippen LogP contribution is -2.38. The number of carbonyl (C=O) groups excluding carboxylic acids is 1. The van der Waals surface area contributed by atoms with Crippen molar-refractivity contribution < 1.29 is 9.18 Å². The van der Waals surface area contributed by atoms with Gasteiger partial charge >= 0.3 is 0 Å². The van der Waals surface area contributed by atoms with Gasteiger partial charge in [0.25, 0.3) is 0 Å². The zero-order valence-electron chi connectivity index (χ0n) is 14.4. The van der Waals surface area contributed by atoms with Crippen LogP contribution in [0.15, 0.2) is 29.3 Å². The molecule has 0 saturated carbocycles. The molecule has 5 nitrogen and oxygen atoms in total. The van der Waals surface area contributed by atoms with Gasteiger partial charge in [0, 0.05) is 32.6 Å². The number of halogens is 1. The molecule has 1 saturated heterocycles. The highest BCUT2D eigenvalue weighted by Gasteiger charge is 2.16. The molecule has 0 unspecified atom stereocenters. The number of hydrogen-bond donors (Lipinski definition) is 2. The van der Waals surface area contributed by atoms with Crippen molar-refractivity contribution in [2.24, 2.45) is 4.99 Å². The Morgan fingerprint density at radius 2 is 1.92 bits per heavy atom. The van der Waals surface area contributed by atoms with Crippen LogP contribution in [0.3, 0.4) is 0 Å². The molecule has 2 rings (SSSR count). The lowest BCUT2D eigenvalue weighted by Gasteiger charge is -2.15. The molecule has 1 aliphatic heterocycles. The van der Waals surface area contributed by atoms with E-state index in [1.54, 1.807) is 12.1 Å². The van der Waals surface area contributed by atoms with Crippen LogP contribution in [0.5, 0.6) is 0 Å². The summed E-state index contributed by atoms with van der Waals surface area (Å²) >= 11 is 0. The Morgan fingerprint density at radius 3 is 2.58 bits per heavy atom. The minimum absolute atomic E-state index is 0.193. The van der Waals surface area contributed by atoms with Crippen LogP contribution in [-0.4, -0.2) is 49.5 Å². The number of hydrogen-bond acceptors (Lipinski definition) is 2. The summed E-state index contributed by atoms with van der Waals surface area (Å²) in [5.41, 5.74) is 1.07. The highest BCUT2D eigenvalue weighted by atomic mass is 19.1. The molecule has 1 aromatic carbocycles. The van der Waals surface area contributed by atoms with E-state index in [0.717, 1.165) is 44.5 Å². The van der Waals surface area contributed by atoms with E-state index in [1.165, 1.54) is 12.1 Å². The maximum absolute atomic E-state index is 12.9. The van der Waals surface area contributed by atoms with Gasteiger partial charge in [-0.1, -0.05) is 12.1 Å². The molecular formula is C18H27FN4O. The zero-order valence-corrected chi connectivity index (χ0v) is 14.4. The number of aliphatic imine (C=N–C) groups is 1. The van der Waals surface area contributed by atoms with Crippen molar-refractivity contribution in [3.63, 3.8) is 0 Å². The van der Waals surface area contributed by atoms with E-state index in [0.29, 0.717) is 25.5 Å². The first-order chi connectivity index (χ1) is 11.7. The van der Waals surface area contributed by atoms with Gasteiger partial charge in [0.05, 0.1) is 6.54 Å². The first-order valence-corrected chi connectivity index (χ1v) is 8.73. The third-order valence-electron chi connectivity index (χ3n) is 4.02. The van der Waals surface area contributed by atoms with Crippen molar-refractivity contribution in [3.8, 4) is 0 Å². The fourth-order valence-electron chi connectivity index (χ4n) is 2.71. The molecule has 1 aliphatic rings. The van der Waals surface area contributed by atoms with Crippen LogP contribution in [0.2, 0.25) is 0 Å². The first kappa shape index (κ1) is 18.2. The maximum atomic E-state index is 12.9. The van der Waals surface area contributed by atoms with E-state index in [-0.39, 0.29) is 11.7 Å². The van der Waals surface area contributed by atoms with Gasteiger partial charge in [-0.3, -0.25) is 9.79 Å². The Hall–Kier alpha value is -2.11. The van der Waals surface area contributed by atoms with Crippen molar-refractivity contribution in [1.29, 1.82) is 0 Å². The second-order valence-corrected chi connectivity index (χ2v) is 5.90. The van der Waals surface area contributed by atoms with Gasteiger partial charge < -0.3 is 15.5 Å². The molecule has 2 N–H and O–H groups in total. The highest BCUT2D eigenvalue weighted by Crippen LogP contribution is 2.08. The molecule has 1 heterocycles. The van der Waals surface area contributed by atoms with Gasteiger partial charge in [-0.25, -0.2) is 4.39 Å². The third-order valence-corrected chi connectivity index (χ3v) is 4.02. The predicted molar refractivity (Wildman–Crippen MR) is 94.5 cm³/mol. The molecule has 1 amide bonds. The molecule has 6 heteroatoms. The lowest BCUT2D eigenvalue weighted by atomic mass is 10.1. The number of nitrogens with zero attached hydrogens (tertiary/aromatic N) is 2. The average Bonchev–Trinajstić information content (AvgIpc) is 3.11. The lowest BCUT2D eigenvalue weighted by molar-refractivity contribution is -0.129. The number of likely N-dealkylation sites (tertiary alicyclic amines) is 1. The molecule has 0 atom stereocenters. The van der Waals surface area contributed by atoms with Crippen LogP contribution in [0.1, 0.15) is 31.7 Å². The summed E-state index contributed by atoms with van der Waals surface area (Å²) in [5, 5.41) is 6.42. The summed E-state index contributed by atoms with van der Waals surface area (Å²) in [6, 6.07) is 6.52. The first-order valence-electron chi connectivity index (χ1n) is 8.73. The van der Waals surface area contributed by atoms with Crippen LogP contribution in [0, 0.1) is 5.82 Å². The minimum Gasteiger partial charge on any atom is -0.357 e. The number of guanidine groups is 1. The summed E-state index contributed by atoms with van der Waals surface area (Å²) in [7, 11) is 0. The molecule has 0 radical (unpaired) electrons. The normalized spacial score (nSPS) is 14.8. The zero-order chi connectivity index (χ0) is 17.2.